The Labute approximate surface area is 190 Å². The lowest BCUT2D eigenvalue weighted by atomic mass is 10.00. The summed E-state index contributed by atoms with van der Waals surface area (Å²) in [6.45, 7) is 3.57. The summed E-state index contributed by atoms with van der Waals surface area (Å²) in [5.74, 6) is 0.854. The summed E-state index contributed by atoms with van der Waals surface area (Å²) < 4.78 is 6.08. The molecule has 0 radical (unpaired) electrons. The van der Waals surface area contributed by atoms with Crippen molar-refractivity contribution in [3.05, 3.63) is 101 Å². The smallest absolute Gasteiger partial charge is 0.123 e. The van der Waals surface area contributed by atoms with Gasteiger partial charge in [-0.2, -0.15) is 0 Å². The minimum absolute atomic E-state index is 0.0957. The van der Waals surface area contributed by atoms with E-state index in [4.69, 9.17) is 4.74 Å². The Morgan fingerprint density at radius 3 is 2.44 bits per heavy atom. The number of fused-ring (bicyclic) bond motifs is 1. The first-order chi connectivity index (χ1) is 15.7. The van der Waals surface area contributed by atoms with Crippen LogP contribution in [0.4, 0.5) is 0 Å². The second-order valence-electron chi connectivity index (χ2n) is 9.13. The molecule has 1 fully saturated rings. The standard InChI is InChI=1S/C28H32N2O2/c31-26(20-30-17-14-22-8-4-5-10-24(22)19-30)21-32-27-13-7-6-9-23(27)18-29-28(15-16-28)25-11-2-1-3-12-25/h1-13,26,29,31H,14-21H2. The van der Waals surface area contributed by atoms with Crippen LogP contribution in [-0.4, -0.2) is 35.8 Å². The van der Waals surface area contributed by atoms with E-state index in [1.165, 1.54) is 16.7 Å². The molecule has 0 bridgehead atoms. The van der Waals surface area contributed by atoms with Gasteiger partial charge in [-0.05, 0) is 42.0 Å². The van der Waals surface area contributed by atoms with Crippen LogP contribution in [0.5, 0.6) is 5.75 Å². The van der Waals surface area contributed by atoms with Crippen molar-refractivity contribution in [2.75, 3.05) is 19.7 Å². The Bertz CT molecular complexity index is 1030. The second-order valence-corrected chi connectivity index (χ2v) is 9.13. The van der Waals surface area contributed by atoms with E-state index >= 15 is 0 Å². The van der Waals surface area contributed by atoms with E-state index in [-0.39, 0.29) is 5.54 Å². The summed E-state index contributed by atoms with van der Waals surface area (Å²) in [4.78, 5) is 2.32. The fourth-order valence-electron chi connectivity index (χ4n) is 4.75. The molecule has 3 aromatic carbocycles. The fourth-order valence-corrected chi connectivity index (χ4v) is 4.75. The zero-order valence-corrected chi connectivity index (χ0v) is 18.5. The van der Waals surface area contributed by atoms with Crippen molar-refractivity contribution >= 4 is 0 Å². The number of rotatable bonds is 9. The molecule has 2 aliphatic rings. The molecule has 0 saturated heterocycles. The summed E-state index contributed by atoms with van der Waals surface area (Å²) in [5.41, 5.74) is 5.39. The maximum absolute atomic E-state index is 10.6. The van der Waals surface area contributed by atoms with Gasteiger partial charge in [0.25, 0.3) is 0 Å². The van der Waals surface area contributed by atoms with Crippen LogP contribution in [0.2, 0.25) is 0 Å². The number of hydrogen-bond donors (Lipinski definition) is 2. The molecule has 2 N–H and O–H groups in total. The molecule has 4 heteroatoms. The van der Waals surface area contributed by atoms with Gasteiger partial charge in [-0.1, -0.05) is 72.8 Å². The summed E-state index contributed by atoms with van der Waals surface area (Å²) in [7, 11) is 0. The molecule has 0 aromatic heterocycles. The topological polar surface area (TPSA) is 44.7 Å². The van der Waals surface area contributed by atoms with E-state index in [1.807, 2.05) is 18.2 Å². The van der Waals surface area contributed by atoms with Crippen molar-refractivity contribution in [2.24, 2.45) is 0 Å². The van der Waals surface area contributed by atoms with Crippen LogP contribution in [0, 0.1) is 0 Å². The first kappa shape index (κ1) is 21.2. The van der Waals surface area contributed by atoms with Crippen LogP contribution in [0.1, 0.15) is 35.1 Å². The van der Waals surface area contributed by atoms with Crippen molar-refractivity contribution < 1.29 is 9.84 Å². The Morgan fingerprint density at radius 2 is 1.62 bits per heavy atom. The lowest BCUT2D eigenvalue weighted by molar-refractivity contribution is 0.0634. The van der Waals surface area contributed by atoms with Gasteiger partial charge in [0, 0.05) is 37.3 Å². The minimum atomic E-state index is -0.514. The first-order valence-corrected chi connectivity index (χ1v) is 11.7. The molecule has 1 atom stereocenters. The van der Waals surface area contributed by atoms with E-state index in [0.717, 1.165) is 50.2 Å². The maximum Gasteiger partial charge on any atom is 0.123 e. The molecule has 0 spiro atoms. The van der Waals surface area contributed by atoms with Crippen molar-refractivity contribution in [1.82, 2.24) is 10.2 Å². The summed E-state index contributed by atoms with van der Waals surface area (Å²) in [6, 6.07) is 27.4. The molecule has 4 nitrogen and oxygen atoms in total. The average molecular weight is 429 g/mol. The zero-order valence-electron chi connectivity index (χ0n) is 18.5. The third-order valence-electron chi connectivity index (χ3n) is 6.78. The van der Waals surface area contributed by atoms with Crippen molar-refractivity contribution in [3.8, 4) is 5.75 Å². The molecule has 5 rings (SSSR count). The van der Waals surface area contributed by atoms with E-state index in [2.05, 4.69) is 70.9 Å². The van der Waals surface area contributed by atoms with Gasteiger partial charge in [0.2, 0.25) is 0 Å². The zero-order chi connectivity index (χ0) is 21.8. The lowest BCUT2D eigenvalue weighted by Gasteiger charge is -2.30. The summed E-state index contributed by atoms with van der Waals surface area (Å²) in [5, 5.41) is 14.4. The van der Waals surface area contributed by atoms with Gasteiger partial charge in [-0.3, -0.25) is 4.90 Å². The fraction of sp³-hybridized carbons (Fsp3) is 0.357. The highest BCUT2D eigenvalue weighted by atomic mass is 16.5. The molecule has 1 saturated carbocycles. The molecule has 1 unspecified atom stereocenters. The number of β-amino-alcohol motifs (C(OH)–C–C–N with tert-alkyl or cyclic N) is 1. The van der Waals surface area contributed by atoms with Gasteiger partial charge >= 0.3 is 0 Å². The molecule has 166 valence electrons. The van der Waals surface area contributed by atoms with E-state index in [0.29, 0.717) is 13.2 Å². The largest absolute Gasteiger partial charge is 0.491 e. The third-order valence-corrected chi connectivity index (χ3v) is 6.78. The van der Waals surface area contributed by atoms with Crippen LogP contribution in [0.15, 0.2) is 78.9 Å². The highest BCUT2D eigenvalue weighted by Gasteiger charge is 2.43. The average Bonchev–Trinajstić information content (AvgIpc) is 3.64. The number of para-hydroxylation sites is 1. The lowest BCUT2D eigenvalue weighted by Crippen LogP contribution is -2.38. The molecule has 1 aliphatic heterocycles. The van der Waals surface area contributed by atoms with Gasteiger partial charge in [0.1, 0.15) is 18.5 Å². The van der Waals surface area contributed by atoms with Crippen molar-refractivity contribution in [1.29, 1.82) is 0 Å². The van der Waals surface area contributed by atoms with Crippen LogP contribution >= 0.6 is 0 Å². The number of nitrogens with zero attached hydrogens (tertiary/aromatic N) is 1. The van der Waals surface area contributed by atoms with E-state index < -0.39 is 6.10 Å². The highest BCUT2D eigenvalue weighted by Crippen LogP contribution is 2.45. The summed E-state index contributed by atoms with van der Waals surface area (Å²) >= 11 is 0. The van der Waals surface area contributed by atoms with Gasteiger partial charge in [0.05, 0.1) is 0 Å². The van der Waals surface area contributed by atoms with Gasteiger partial charge in [0.15, 0.2) is 0 Å². The number of benzene rings is 3. The first-order valence-electron chi connectivity index (χ1n) is 11.7. The normalized spacial score (nSPS) is 18.0. The second kappa shape index (κ2) is 9.45. The molecular weight excluding hydrogens is 396 g/mol. The van der Waals surface area contributed by atoms with Crippen LogP contribution < -0.4 is 10.1 Å². The molecule has 3 aromatic rings. The molecular formula is C28H32N2O2. The van der Waals surface area contributed by atoms with Crippen LogP contribution in [0.25, 0.3) is 0 Å². The quantitative estimate of drug-likeness (QED) is 0.534. The molecule has 32 heavy (non-hydrogen) atoms. The minimum Gasteiger partial charge on any atom is -0.491 e. The van der Waals surface area contributed by atoms with E-state index in [1.54, 1.807) is 0 Å². The number of nitrogens with one attached hydrogen (secondary N) is 1. The van der Waals surface area contributed by atoms with Gasteiger partial charge < -0.3 is 15.2 Å². The van der Waals surface area contributed by atoms with Gasteiger partial charge in [-0.25, -0.2) is 0 Å². The Balaban J connectivity index is 1.15. The highest BCUT2D eigenvalue weighted by molar-refractivity contribution is 5.35. The Kier molecular flexibility index (Phi) is 6.26. The SMILES string of the molecule is OC(COc1ccccc1CNC1(c2ccccc2)CC1)CN1CCc2ccccc2C1. The number of ether oxygens (including phenoxy) is 1. The van der Waals surface area contributed by atoms with Crippen molar-refractivity contribution in [3.63, 3.8) is 0 Å². The predicted octanol–water partition coefficient (Wildman–Crippen LogP) is 4.26. The van der Waals surface area contributed by atoms with E-state index in [9.17, 15) is 5.11 Å². The maximum atomic E-state index is 10.6. The van der Waals surface area contributed by atoms with Crippen LogP contribution in [-0.2, 0) is 25.0 Å². The monoisotopic (exact) mass is 428 g/mol. The van der Waals surface area contributed by atoms with Gasteiger partial charge in [-0.15, -0.1) is 0 Å². The Morgan fingerprint density at radius 1 is 0.906 bits per heavy atom. The molecule has 1 heterocycles. The number of hydrogen-bond acceptors (Lipinski definition) is 4. The van der Waals surface area contributed by atoms with Crippen LogP contribution in [0.3, 0.4) is 0 Å². The summed E-state index contributed by atoms with van der Waals surface area (Å²) in [6.07, 6.45) is 2.86. The number of aliphatic hydroxyl groups excluding tert-OH is 1. The predicted molar refractivity (Wildman–Crippen MR) is 128 cm³/mol. The van der Waals surface area contributed by atoms with Crippen molar-refractivity contribution in [2.45, 2.75) is 44.0 Å². The number of aliphatic hydroxyl groups is 1. The Hall–Kier alpha value is -2.66. The molecule has 1 aliphatic carbocycles. The third kappa shape index (κ3) is 4.88. The molecule has 0 amide bonds.